The Labute approximate surface area is 124 Å². The molecule has 19 heavy (non-hydrogen) atoms. The highest BCUT2D eigenvalue weighted by molar-refractivity contribution is 7.38. The Morgan fingerprint density at radius 2 is 1.58 bits per heavy atom. The van der Waals surface area contributed by atoms with E-state index in [9.17, 15) is 13.2 Å². The SMILES string of the molecule is Cc1ccc2cc(C(C)(C)C)[s+](C(F)(F)F)c2c1.[Br-]. The summed E-state index contributed by atoms with van der Waals surface area (Å²) in [6.45, 7) is 7.34. The van der Waals surface area contributed by atoms with Gasteiger partial charge in [-0.05, 0) is 18.6 Å². The molecule has 2 rings (SSSR count). The van der Waals surface area contributed by atoms with Crippen molar-refractivity contribution >= 4 is 20.6 Å². The van der Waals surface area contributed by atoms with Crippen molar-refractivity contribution in [3.8, 4) is 0 Å². The van der Waals surface area contributed by atoms with Gasteiger partial charge >= 0.3 is 5.51 Å². The van der Waals surface area contributed by atoms with Crippen molar-refractivity contribution in [3.05, 3.63) is 34.7 Å². The first-order valence-electron chi connectivity index (χ1n) is 5.74. The van der Waals surface area contributed by atoms with Gasteiger partial charge in [-0.25, -0.2) is 0 Å². The van der Waals surface area contributed by atoms with Crippen LogP contribution in [-0.4, -0.2) is 0 Å². The molecule has 1 unspecified atom stereocenters. The average molecular weight is 353 g/mol. The first kappa shape index (κ1) is 16.5. The van der Waals surface area contributed by atoms with Crippen LogP contribution in [0.3, 0.4) is 0 Å². The third kappa shape index (κ3) is 3.14. The summed E-state index contributed by atoms with van der Waals surface area (Å²) in [5.41, 5.74) is -3.79. The van der Waals surface area contributed by atoms with Crippen molar-refractivity contribution < 1.29 is 30.2 Å². The van der Waals surface area contributed by atoms with Crippen LogP contribution in [0.5, 0.6) is 0 Å². The van der Waals surface area contributed by atoms with Crippen LogP contribution >= 0.6 is 10.5 Å². The van der Waals surface area contributed by atoms with Crippen molar-refractivity contribution in [2.45, 2.75) is 38.6 Å². The van der Waals surface area contributed by atoms with E-state index in [1.165, 1.54) is 0 Å². The van der Waals surface area contributed by atoms with Gasteiger partial charge in [-0.15, -0.1) is 13.2 Å². The number of fused-ring (bicyclic) bond motifs is 1. The lowest BCUT2D eigenvalue weighted by Crippen LogP contribution is -3.00. The molecule has 0 saturated carbocycles. The molecule has 1 heterocycles. The Morgan fingerprint density at radius 3 is 2.05 bits per heavy atom. The van der Waals surface area contributed by atoms with Crippen molar-refractivity contribution in [1.82, 2.24) is 0 Å². The number of hydrogen-bond acceptors (Lipinski definition) is 0. The highest BCUT2D eigenvalue weighted by Gasteiger charge is 2.50. The summed E-state index contributed by atoms with van der Waals surface area (Å²) in [4.78, 5) is 0.482. The van der Waals surface area contributed by atoms with Gasteiger partial charge in [-0.2, -0.15) is 0 Å². The predicted octanol–water partition coefficient (Wildman–Crippen LogP) is 2.68. The molecule has 1 atom stereocenters. The number of benzene rings is 1. The minimum Gasteiger partial charge on any atom is -1.00 e. The highest BCUT2D eigenvalue weighted by atomic mass is 79.9. The van der Waals surface area contributed by atoms with E-state index in [1.807, 2.05) is 33.8 Å². The summed E-state index contributed by atoms with van der Waals surface area (Å²) in [6.07, 6.45) is 0. The summed E-state index contributed by atoms with van der Waals surface area (Å²) < 4.78 is 40.4. The molecule has 0 bridgehead atoms. The Hall–Kier alpha value is -0.550. The zero-order chi connectivity index (χ0) is 13.7. The maximum absolute atomic E-state index is 13.3. The molecular formula is C14H16BrF3S. The van der Waals surface area contributed by atoms with E-state index in [-0.39, 0.29) is 17.0 Å². The molecule has 0 aliphatic rings. The summed E-state index contributed by atoms with van der Waals surface area (Å²) in [5.74, 6) is 0. The second-order valence-electron chi connectivity index (χ2n) is 5.55. The van der Waals surface area contributed by atoms with Gasteiger partial charge in [-0.1, -0.05) is 26.8 Å². The van der Waals surface area contributed by atoms with Crippen LogP contribution in [-0.2, 0) is 10.9 Å². The molecule has 0 N–H and O–H groups in total. The Balaban J connectivity index is 0.00000180. The standard InChI is InChI=1S/C14H16F3S.BrH/c1-9-5-6-10-8-12(13(2,3)4)18(11(10)7-9)14(15,16)17;/h5-8H,1-4H3;1H/q+1;/p-1. The molecule has 0 saturated heterocycles. The van der Waals surface area contributed by atoms with E-state index < -0.39 is 21.4 Å². The van der Waals surface area contributed by atoms with E-state index in [0.29, 0.717) is 15.0 Å². The van der Waals surface area contributed by atoms with Gasteiger partial charge in [0.25, 0.3) is 0 Å². The van der Waals surface area contributed by atoms with Crippen molar-refractivity contribution in [1.29, 1.82) is 0 Å². The highest BCUT2D eigenvalue weighted by Crippen LogP contribution is 2.54. The van der Waals surface area contributed by atoms with Crippen LogP contribution in [0.25, 0.3) is 10.1 Å². The third-order valence-corrected chi connectivity index (χ3v) is 5.29. The number of halogens is 4. The summed E-state index contributed by atoms with van der Waals surface area (Å²) in [6, 6.07) is 7.03. The molecule has 1 aromatic carbocycles. The predicted molar refractivity (Wildman–Crippen MR) is 71.2 cm³/mol. The quantitative estimate of drug-likeness (QED) is 0.639. The van der Waals surface area contributed by atoms with Gasteiger partial charge in [0, 0.05) is 22.9 Å². The molecule has 0 nitrogen and oxygen atoms in total. The molecule has 0 spiro atoms. The average Bonchev–Trinajstić information content (AvgIpc) is 2.54. The van der Waals surface area contributed by atoms with Crippen molar-refractivity contribution in [2.75, 3.05) is 0 Å². The zero-order valence-electron chi connectivity index (χ0n) is 11.2. The van der Waals surface area contributed by atoms with Gasteiger partial charge in [0.05, 0.1) is 10.5 Å². The Kier molecular flexibility index (Phi) is 4.42. The summed E-state index contributed by atoms with van der Waals surface area (Å²) >= 11 is 0. The molecule has 0 aliphatic carbocycles. The lowest BCUT2D eigenvalue weighted by Gasteiger charge is -2.13. The van der Waals surface area contributed by atoms with Crippen LogP contribution in [0.1, 0.15) is 31.2 Å². The van der Waals surface area contributed by atoms with Gasteiger partial charge in [0.2, 0.25) is 0 Å². The van der Waals surface area contributed by atoms with Crippen molar-refractivity contribution in [2.24, 2.45) is 0 Å². The van der Waals surface area contributed by atoms with E-state index in [4.69, 9.17) is 0 Å². The number of alkyl halides is 3. The largest absolute Gasteiger partial charge is 1.00 e. The molecule has 2 aromatic rings. The molecule has 0 aliphatic heterocycles. The zero-order valence-corrected chi connectivity index (χ0v) is 13.6. The lowest BCUT2D eigenvalue weighted by molar-refractivity contribution is -0.0869. The van der Waals surface area contributed by atoms with Crippen molar-refractivity contribution in [3.63, 3.8) is 0 Å². The van der Waals surface area contributed by atoms with Crippen LogP contribution in [0.2, 0.25) is 0 Å². The first-order valence-corrected chi connectivity index (χ1v) is 6.97. The first-order chi connectivity index (χ1) is 8.10. The van der Waals surface area contributed by atoms with E-state index in [1.54, 1.807) is 18.2 Å². The molecule has 5 heteroatoms. The Bertz CT molecular complexity index is 591. The van der Waals surface area contributed by atoms with Crippen LogP contribution in [0, 0.1) is 6.92 Å². The molecule has 0 radical (unpaired) electrons. The molecule has 106 valence electrons. The van der Waals surface area contributed by atoms with Gasteiger partial charge in [0.15, 0.2) is 9.58 Å². The van der Waals surface area contributed by atoms with E-state index >= 15 is 0 Å². The lowest BCUT2D eigenvalue weighted by atomic mass is 9.94. The monoisotopic (exact) mass is 352 g/mol. The van der Waals surface area contributed by atoms with Gasteiger partial charge in [-0.3, -0.25) is 0 Å². The maximum Gasteiger partial charge on any atom is 0.600 e. The molecule has 1 aromatic heterocycles. The molecular weight excluding hydrogens is 337 g/mol. The van der Waals surface area contributed by atoms with Crippen LogP contribution < -0.4 is 17.0 Å². The Morgan fingerprint density at radius 1 is 1.00 bits per heavy atom. The maximum atomic E-state index is 13.3. The number of rotatable bonds is 0. The second kappa shape index (κ2) is 5.09. The van der Waals surface area contributed by atoms with Gasteiger partial charge in [0.1, 0.15) is 0 Å². The van der Waals surface area contributed by atoms with E-state index in [2.05, 4.69) is 0 Å². The topological polar surface area (TPSA) is 0 Å². The fourth-order valence-electron chi connectivity index (χ4n) is 2.03. The summed E-state index contributed by atoms with van der Waals surface area (Å²) in [5, 5.41) is 0.714. The minimum atomic E-state index is -4.20. The smallest absolute Gasteiger partial charge is 0.600 e. The fraction of sp³-hybridized carbons (Fsp3) is 0.429. The van der Waals surface area contributed by atoms with Crippen LogP contribution in [0.4, 0.5) is 13.2 Å². The van der Waals surface area contributed by atoms with E-state index in [0.717, 1.165) is 5.56 Å². The van der Waals surface area contributed by atoms with Gasteiger partial charge < -0.3 is 17.0 Å². The fourth-order valence-corrected chi connectivity index (χ4v) is 4.29. The summed E-state index contributed by atoms with van der Waals surface area (Å²) in [7, 11) is -1.78. The normalized spacial score (nSPS) is 13.5. The minimum absolute atomic E-state index is 0. The number of thiophene rings is 1. The third-order valence-electron chi connectivity index (χ3n) is 2.87. The molecule has 0 amide bonds. The molecule has 0 fully saturated rings. The van der Waals surface area contributed by atoms with Crippen LogP contribution in [0.15, 0.2) is 24.3 Å². The number of aryl methyl sites for hydroxylation is 1. The number of hydrogen-bond donors (Lipinski definition) is 0. The second-order valence-corrected chi connectivity index (χ2v) is 7.51.